The first-order chi connectivity index (χ1) is 7.63. The number of nitrogens with zero attached hydrogens (tertiary/aromatic N) is 3. The Kier molecular flexibility index (Phi) is 2.91. The molecular formula is C10H10BrN3O2. The first kappa shape index (κ1) is 11.1. The van der Waals surface area contributed by atoms with E-state index in [1.54, 1.807) is 17.5 Å². The van der Waals surface area contributed by atoms with E-state index in [4.69, 9.17) is 4.74 Å². The summed E-state index contributed by atoms with van der Waals surface area (Å²) in [6.07, 6.45) is 0. The van der Waals surface area contributed by atoms with Gasteiger partial charge in [0, 0.05) is 4.47 Å². The average molecular weight is 284 g/mol. The smallest absolute Gasteiger partial charge is 0.378 e. The number of halogens is 1. The average Bonchev–Trinajstić information content (AvgIpc) is 2.69. The lowest BCUT2D eigenvalue weighted by Crippen LogP contribution is -2.07. The summed E-state index contributed by atoms with van der Waals surface area (Å²) < 4.78 is 7.36. The Labute approximate surface area is 101 Å². The Balaban J connectivity index is 2.52. The van der Waals surface area contributed by atoms with E-state index in [9.17, 15) is 4.79 Å². The van der Waals surface area contributed by atoms with Crippen molar-refractivity contribution in [2.45, 2.75) is 13.8 Å². The third kappa shape index (κ3) is 1.80. The van der Waals surface area contributed by atoms with E-state index in [-0.39, 0.29) is 5.82 Å². The summed E-state index contributed by atoms with van der Waals surface area (Å²) in [5.41, 5.74) is 1.52. The Morgan fingerprint density at radius 1 is 1.56 bits per heavy atom. The van der Waals surface area contributed by atoms with Gasteiger partial charge in [-0.1, -0.05) is 0 Å². The Morgan fingerprint density at radius 3 is 3.00 bits per heavy atom. The van der Waals surface area contributed by atoms with E-state index in [1.165, 1.54) is 0 Å². The van der Waals surface area contributed by atoms with Crippen molar-refractivity contribution in [3.05, 3.63) is 28.1 Å². The summed E-state index contributed by atoms with van der Waals surface area (Å²) in [6, 6.07) is 3.65. The second-order valence-corrected chi connectivity index (χ2v) is 4.05. The van der Waals surface area contributed by atoms with E-state index in [1.807, 2.05) is 13.0 Å². The predicted molar refractivity (Wildman–Crippen MR) is 61.4 cm³/mol. The molecule has 0 saturated carbocycles. The minimum absolute atomic E-state index is 0.0862. The molecule has 2 aromatic heterocycles. The number of pyridine rings is 1. The number of carbonyl (C=O) groups excluding carboxylic acids is 1. The predicted octanol–water partition coefficient (Wildman–Crippen LogP) is 1.98. The van der Waals surface area contributed by atoms with Crippen LogP contribution in [0.1, 0.15) is 23.2 Å². The molecule has 0 aliphatic heterocycles. The molecule has 6 heteroatoms. The van der Waals surface area contributed by atoms with Crippen molar-refractivity contribution >= 4 is 27.5 Å². The molecule has 0 bridgehead atoms. The minimum atomic E-state index is -0.498. The molecule has 2 aromatic rings. The topological polar surface area (TPSA) is 56.5 Å². The highest BCUT2D eigenvalue weighted by molar-refractivity contribution is 9.10. The number of hydrogen-bond acceptors (Lipinski definition) is 4. The van der Waals surface area contributed by atoms with Gasteiger partial charge in [0.1, 0.15) is 0 Å². The fourth-order valence-electron chi connectivity index (χ4n) is 1.33. The number of fused-ring (bicyclic) bond motifs is 1. The SMILES string of the molecule is CCOC(=O)c1nc2ccc(Br)c(C)n2n1. The van der Waals surface area contributed by atoms with Gasteiger partial charge in [0.2, 0.25) is 0 Å². The first-order valence-corrected chi connectivity index (χ1v) is 5.61. The zero-order chi connectivity index (χ0) is 11.7. The molecule has 0 fully saturated rings. The third-order valence-corrected chi connectivity index (χ3v) is 2.97. The highest BCUT2D eigenvalue weighted by atomic mass is 79.9. The van der Waals surface area contributed by atoms with E-state index in [0.29, 0.717) is 12.3 Å². The van der Waals surface area contributed by atoms with Crippen LogP contribution in [-0.2, 0) is 4.74 Å². The number of ether oxygens (including phenoxy) is 1. The standard InChI is InChI=1S/C10H10BrN3O2/c1-3-16-10(15)9-12-8-5-4-7(11)6(2)14(8)13-9/h4-5H,3H2,1-2H3. The summed E-state index contributed by atoms with van der Waals surface area (Å²) in [5, 5.41) is 4.09. The van der Waals surface area contributed by atoms with Crippen molar-refractivity contribution in [3.8, 4) is 0 Å². The van der Waals surface area contributed by atoms with Crippen LogP contribution in [0.15, 0.2) is 16.6 Å². The molecule has 0 aliphatic carbocycles. The van der Waals surface area contributed by atoms with Crippen LogP contribution in [0, 0.1) is 6.92 Å². The summed E-state index contributed by atoms with van der Waals surface area (Å²) in [7, 11) is 0. The highest BCUT2D eigenvalue weighted by Gasteiger charge is 2.15. The van der Waals surface area contributed by atoms with Crippen molar-refractivity contribution in [1.29, 1.82) is 0 Å². The first-order valence-electron chi connectivity index (χ1n) is 4.82. The van der Waals surface area contributed by atoms with Crippen molar-refractivity contribution in [2.75, 3.05) is 6.61 Å². The normalized spacial score (nSPS) is 10.7. The summed E-state index contributed by atoms with van der Waals surface area (Å²) in [5.74, 6) is -0.412. The van der Waals surface area contributed by atoms with Gasteiger partial charge in [0.15, 0.2) is 5.65 Å². The van der Waals surface area contributed by atoms with E-state index in [0.717, 1.165) is 10.2 Å². The van der Waals surface area contributed by atoms with Gasteiger partial charge in [-0.05, 0) is 41.9 Å². The molecule has 0 unspecified atom stereocenters. The fraction of sp³-hybridized carbons (Fsp3) is 0.300. The lowest BCUT2D eigenvalue weighted by molar-refractivity contribution is 0.0512. The maximum absolute atomic E-state index is 11.4. The van der Waals surface area contributed by atoms with Gasteiger partial charge in [-0.3, -0.25) is 0 Å². The zero-order valence-corrected chi connectivity index (χ0v) is 10.5. The zero-order valence-electron chi connectivity index (χ0n) is 8.90. The van der Waals surface area contributed by atoms with Crippen LogP contribution in [-0.4, -0.2) is 27.2 Å². The van der Waals surface area contributed by atoms with Crippen molar-refractivity contribution in [2.24, 2.45) is 0 Å². The van der Waals surface area contributed by atoms with Crippen LogP contribution < -0.4 is 0 Å². The molecule has 0 aromatic carbocycles. The van der Waals surface area contributed by atoms with Crippen molar-refractivity contribution in [1.82, 2.24) is 14.6 Å². The van der Waals surface area contributed by atoms with E-state index >= 15 is 0 Å². The molecule has 0 N–H and O–H groups in total. The van der Waals surface area contributed by atoms with Crippen LogP contribution in [0.25, 0.3) is 5.65 Å². The Morgan fingerprint density at radius 2 is 2.31 bits per heavy atom. The molecule has 0 amide bonds. The van der Waals surface area contributed by atoms with Crippen LogP contribution >= 0.6 is 15.9 Å². The van der Waals surface area contributed by atoms with Crippen LogP contribution in [0.4, 0.5) is 0 Å². The van der Waals surface area contributed by atoms with Gasteiger partial charge in [-0.25, -0.2) is 14.3 Å². The summed E-state index contributed by atoms with van der Waals surface area (Å²) in [4.78, 5) is 15.5. The van der Waals surface area contributed by atoms with Gasteiger partial charge >= 0.3 is 5.97 Å². The maximum atomic E-state index is 11.4. The number of esters is 1. The molecule has 0 radical (unpaired) electrons. The van der Waals surface area contributed by atoms with Crippen LogP contribution in [0.3, 0.4) is 0 Å². The van der Waals surface area contributed by atoms with Crippen molar-refractivity contribution in [3.63, 3.8) is 0 Å². The molecule has 2 rings (SSSR count). The quantitative estimate of drug-likeness (QED) is 0.791. The van der Waals surface area contributed by atoms with Crippen LogP contribution in [0.5, 0.6) is 0 Å². The van der Waals surface area contributed by atoms with Gasteiger partial charge < -0.3 is 4.74 Å². The van der Waals surface area contributed by atoms with E-state index < -0.39 is 5.97 Å². The fourth-order valence-corrected chi connectivity index (χ4v) is 1.63. The molecule has 5 nitrogen and oxygen atoms in total. The number of rotatable bonds is 2. The molecule has 0 saturated heterocycles. The van der Waals surface area contributed by atoms with Crippen LogP contribution in [0.2, 0.25) is 0 Å². The van der Waals surface area contributed by atoms with Gasteiger partial charge in [0.05, 0.1) is 12.3 Å². The molecule has 84 valence electrons. The maximum Gasteiger partial charge on any atom is 0.378 e. The molecule has 0 spiro atoms. The second-order valence-electron chi connectivity index (χ2n) is 3.19. The number of aromatic nitrogens is 3. The molecular weight excluding hydrogens is 274 g/mol. The molecule has 2 heterocycles. The molecule has 0 atom stereocenters. The Bertz CT molecular complexity index is 550. The van der Waals surface area contributed by atoms with Gasteiger partial charge in [-0.15, -0.1) is 5.10 Å². The minimum Gasteiger partial charge on any atom is -0.460 e. The van der Waals surface area contributed by atoms with E-state index in [2.05, 4.69) is 26.0 Å². The summed E-state index contributed by atoms with van der Waals surface area (Å²) in [6.45, 7) is 3.95. The van der Waals surface area contributed by atoms with Crippen molar-refractivity contribution < 1.29 is 9.53 Å². The molecule has 0 aliphatic rings. The number of carbonyl (C=O) groups is 1. The highest BCUT2D eigenvalue weighted by Crippen LogP contribution is 2.16. The third-order valence-electron chi connectivity index (χ3n) is 2.13. The molecule has 16 heavy (non-hydrogen) atoms. The van der Waals surface area contributed by atoms with Gasteiger partial charge in [-0.2, -0.15) is 0 Å². The lowest BCUT2D eigenvalue weighted by Gasteiger charge is -1.98. The summed E-state index contributed by atoms with van der Waals surface area (Å²) >= 11 is 3.39. The van der Waals surface area contributed by atoms with Gasteiger partial charge in [0.25, 0.3) is 5.82 Å². The lowest BCUT2D eigenvalue weighted by atomic mass is 10.4. The monoisotopic (exact) mass is 283 g/mol. The number of aryl methyl sites for hydroxylation is 1. The largest absolute Gasteiger partial charge is 0.460 e. The Hall–Kier alpha value is -1.43. The number of hydrogen-bond donors (Lipinski definition) is 0. The second kappa shape index (κ2) is 4.21.